The maximum absolute atomic E-state index is 13.2. The molecule has 1 aromatic carbocycles. The smallest absolute Gasteiger partial charge is 0.328 e. The largest absolute Gasteiger partial charge is 0.478 e. The second-order valence-corrected chi connectivity index (χ2v) is 6.79. The van der Waals surface area contributed by atoms with Gasteiger partial charge in [-0.25, -0.2) is 9.18 Å². The first-order valence-electron chi connectivity index (χ1n) is 8.66. The van der Waals surface area contributed by atoms with Crippen LogP contribution in [-0.2, 0) is 16.0 Å². The molecule has 0 aromatic heterocycles. The van der Waals surface area contributed by atoms with Crippen LogP contribution in [-0.4, -0.2) is 16.9 Å². The van der Waals surface area contributed by atoms with Gasteiger partial charge in [0.2, 0.25) is 0 Å². The van der Waals surface area contributed by atoms with Crippen LogP contribution in [0.2, 0.25) is 0 Å². The first-order chi connectivity index (χ1) is 12.1. The van der Waals surface area contributed by atoms with Gasteiger partial charge < -0.3 is 5.11 Å². The first-order valence-corrected chi connectivity index (χ1v) is 8.66. The van der Waals surface area contributed by atoms with Crippen molar-refractivity contribution in [2.45, 2.75) is 40.5 Å². The molecule has 1 N–H and O–H groups in total. The van der Waals surface area contributed by atoms with Crippen molar-refractivity contribution in [3.8, 4) is 0 Å². The number of ketones is 1. The van der Waals surface area contributed by atoms with Gasteiger partial charge in [0, 0.05) is 18.9 Å². The van der Waals surface area contributed by atoms with E-state index in [1.165, 1.54) is 23.8 Å². The van der Waals surface area contributed by atoms with Crippen molar-refractivity contribution in [1.82, 2.24) is 0 Å². The zero-order valence-corrected chi connectivity index (χ0v) is 15.9. The molecule has 0 spiro atoms. The predicted molar refractivity (Wildman–Crippen MR) is 102 cm³/mol. The van der Waals surface area contributed by atoms with Crippen LogP contribution in [0.4, 0.5) is 4.39 Å². The number of Topliss-reactive ketones (excluding diaryl/α,β-unsaturated/α-hetero) is 1. The molecule has 2 unspecified atom stereocenters. The van der Waals surface area contributed by atoms with Crippen molar-refractivity contribution in [1.29, 1.82) is 0 Å². The summed E-state index contributed by atoms with van der Waals surface area (Å²) in [5.74, 6) is -0.0970. The summed E-state index contributed by atoms with van der Waals surface area (Å²) >= 11 is 0. The maximum Gasteiger partial charge on any atom is 0.328 e. The minimum Gasteiger partial charge on any atom is -0.478 e. The molecule has 0 amide bonds. The zero-order chi connectivity index (χ0) is 19.9. The van der Waals surface area contributed by atoms with Gasteiger partial charge in [0.1, 0.15) is 5.82 Å². The molecule has 2 atom stereocenters. The van der Waals surface area contributed by atoms with Crippen molar-refractivity contribution < 1.29 is 19.1 Å². The van der Waals surface area contributed by atoms with E-state index in [-0.39, 0.29) is 11.6 Å². The minimum absolute atomic E-state index is 0.224. The van der Waals surface area contributed by atoms with Crippen molar-refractivity contribution in [2.75, 3.05) is 0 Å². The van der Waals surface area contributed by atoms with Gasteiger partial charge in [-0.2, -0.15) is 0 Å². The number of hydrogen-bond acceptors (Lipinski definition) is 2. The molecule has 2 rings (SSSR count). The van der Waals surface area contributed by atoms with E-state index < -0.39 is 5.97 Å². The molecule has 0 fully saturated rings. The van der Waals surface area contributed by atoms with Gasteiger partial charge in [0.25, 0.3) is 0 Å². The van der Waals surface area contributed by atoms with Gasteiger partial charge in [0.15, 0.2) is 5.78 Å². The first kappa shape index (κ1) is 21.6. The normalized spacial score (nSPS) is 20.3. The molecule has 140 valence electrons. The lowest BCUT2D eigenvalue weighted by Gasteiger charge is -2.28. The third kappa shape index (κ3) is 6.43. The fourth-order valence-corrected chi connectivity index (χ4v) is 2.86. The summed E-state index contributed by atoms with van der Waals surface area (Å²) in [6, 6.07) is 6.51. The molecule has 1 aliphatic carbocycles. The van der Waals surface area contributed by atoms with E-state index in [0.717, 1.165) is 17.2 Å². The number of carboxylic acids is 1. The monoisotopic (exact) mass is 358 g/mol. The topological polar surface area (TPSA) is 54.4 Å². The number of benzene rings is 1. The summed E-state index contributed by atoms with van der Waals surface area (Å²) in [5, 5.41) is 8.09. The molecule has 1 aliphatic rings. The SMILES string of the molecule is C=C/C(C)=C/C(=O)O.CC1=C(Cc2cccc(F)c2)C(=O)CC(C)C1C. The van der Waals surface area contributed by atoms with Crippen molar-refractivity contribution in [3.05, 3.63) is 71.1 Å². The molecule has 0 heterocycles. The van der Waals surface area contributed by atoms with E-state index in [2.05, 4.69) is 20.4 Å². The Kier molecular flexibility index (Phi) is 8.17. The Bertz CT molecular complexity index is 744. The number of halogens is 1. The summed E-state index contributed by atoms with van der Waals surface area (Å²) in [7, 11) is 0. The van der Waals surface area contributed by atoms with Crippen LogP contribution in [0.15, 0.2) is 59.7 Å². The number of carbonyl (C=O) groups is 2. The Labute approximate surface area is 154 Å². The second-order valence-electron chi connectivity index (χ2n) is 6.79. The molecule has 4 heteroatoms. The van der Waals surface area contributed by atoms with Crippen LogP contribution < -0.4 is 0 Å². The average Bonchev–Trinajstić information content (AvgIpc) is 2.57. The van der Waals surface area contributed by atoms with Gasteiger partial charge in [0.05, 0.1) is 0 Å². The van der Waals surface area contributed by atoms with Gasteiger partial charge in [-0.3, -0.25) is 4.79 Å². The van der Waals surface area contributed by atoms with Crippen LogP contribution in [0.1, 0.15) is 39.7 Å². The van der Waals surface area contributed by atoms with Crippen LogP contribution >= 0.6 is 0 Å². The van der Waals surface area contributed by atoms with Crippen LogP contribution in [0, 0.1) is 17.7 Å². The molecule has 0 aliphatic heterocycles. The lowest BCUT2D eigenvalue weighted by molar-refractivity contribution is -0.131. The number of carboxylic acid groups (broad SMARTS) is 1. The van der Waals surface area contributed by atoms with Crippen molar-refractivity contribution in [2.24, 2.45) is 11.8 Å². The van der Waals surface area contributed by atoms with Crippen LogP contribution in [0.3, 0.4) is 0 Å². The number of carbonyl (C=O) groups excluding carboxylic acids is 1. The minimum atomic E-state index is -0.928. The zero-order valence-electron chi connectivity index (χ0n) is 15.9. The predicted octanol–water partition coefficient (Wildman–Crippen LogP) is 5.13. The lowest BCUT2D eigenvalue weighted by Crippen LogP contribution is -2.24. The van der Waals surface area contributed by atoms with Gasteiger partial charge in [-0.1, -0.05) is 44.2 Å². The highest BCUT2D eigenvalue weighted by atomic mass is 19.1. The van der Waals surface area contributed by atoms with E-state index in [9.17, 15) is 14.0 Å². The number of allylic oxidation sites excluding steroid dienone is 4. The molecule has 0 bridgehead atoms. The lowest BCUT2D eigenvalue weighted by atomic mass is 9.75. The maximum atomic E-state index is 13.2. The van der Waals surface area contributed by atoms with Crippen LogP contribution in [0.25, 0.3) is 0 Å². The molecule has 26 heavy (non-hydrogen) atoms. The van der Waals surface area contributed by atoms with Gasteiger partial charge in [-0.05, 0) is 54.5 Å². The molecular formula is C22H27FO3. The third-order valence-corrected chi connectivity index (χ3v) is 4.80. The highest BCUT2D eigenvalue weighted by Crippen LogP contribution is 2.33. The Hall–Kier alpha value is -2.49. The molecule has 0 saturated carbocycles. The van der Waals surface area contributed by atoms with E-state index >= 15 is 0 Å². The molecule has 1 aromatic rings. The molecule has 3 nitrogen and oxygen atoms in total. The second kappa shape index (κ2) is 9.85. The number of rotatable bonds is 4. The van der Waals surface area contributed by atoms with E-state index in [4.69, 9.17) is 5.11 Å². The van der Waals surface area contributed by atoms with Gasteiger partial charge in [-0.15, -0.1) is 0 Å². The van der Waals surface area contributed by atoms with Gasteiger partial charge >= 0.3 is 5.97 Å². The summed E-state index contributed by atoms with van der Waals surface area (Å²) in [5.41, 5.74) is 3.59. The van der Waals surface area contributed by atoms with E-state index in [0.29, 0.717) is 30.3 Å². The standard InChI is InChI=1S/C16H19FO.C6H8O2/c1-10-7-16(18)15(12(3)11(10)2)9-13-5-4-6-14(17)8-13;1-3-5(2)4-6(7)8/h4-6,8,10-11H,7,9H2,1-3H3;3-4H,1H2,2H3,(H,7,8)/b;5-4+. The highest BCUT2D eigenvalue weighted by molar-refractivity contribution is 5.97. The summed E-state index contributed by atoms with van der Waals surface area (Å²) in [6.45, 7) is 11.4. The van der Waals surface area contributed by atoms with E-state index in [1.54, 1.807) is 13.0 Å². The van der Waals surface area contributed by atoms with E-state index in [1.807, 2.05) is 13.0 Å². The third-order valence-electron chi connectivity index (χ3n) is 4.80. The van der Waals surface area contributed by atoms with Crippen LogP contribution in [0.5, 0.6) is 0 Å². The fraction of sp³-hybridized carbons (Fsp3) is 0.364. The Balaban J connectivity index is 0.000000359. The summed E-state index contributed by atoms with van der Waals surface area (Å²) < 4.78 is 13.2. The summed E-state index contributed by atoms with van der Waals surface area (Å²) in [4.78, 5) is 21.9. The van der Waals surface area contributed by atoms with Crippen molar-refractivity contribution in [3.63, 3.8) is 0 Å². The highest BCUT2D eigenvalue weighted by Gasteiger charge is 2.28. The number of aliphatic carboxylic acids is 1. The number of hydrogen-bond donors (Lipinski definition) is 1. The summed E-state index contributed by atoms with van der Waals surface area (Å²) in [6.07, 6.45) is 3.77. The molecule has 0 radical (unpaired) electrons. The molecule has 0 saturated heterocycles. The average molecular weight is 358 g/mol. The quantitative estimate of drug-likeness (QED) is 0.599. The Morgan fingerprint density at radius 2 is 2.04 bits per heavy atom. The Morgan fingerprint density at radius 3 is 2.54 bits per heavy atom. The fourth-order valence-electron chi connectivity index (χ4n) is 2.86. The molecular weight excluding hydrogens is 331 g/mol. The van der Waals surface area contributed by atoms with Crippen molar-refractivity contribution >= 4 is 11.8 Å². The Morgan fingerprint density at radius 1 is 1.38 bits per heavy atom.